The SMILES string of the molecule is O=C(O)C1CC=CCC1C(=O)NCCCN1CCOCC1. The smallest absolute Gasteiger partial charge is 0.307 e. The average molecular weight is 296 g/mol. The van der Waals surface area contributed by atoms with Crippen LogP contribution >= 0.6 is 0 Å². The Kier molecular flexibility index (Phi) is 6.20. The highest BCUT2D eigenvalue weighted by Gasteiger charge is 2.33. The zero-order valence-corrected chi connectivity index (χ0v) is 12.3. The normalized spacial score (nSPS) is 26.5. The number of carbonyl (C=O) groups is 2. The van der Waals surface area contributed by atoms with Gasteiger partial charge in [-0.15, -0.1) is 0 Å². The number of rotatable bonds is 6. The molecule has 1 amide bonds. The van der Waals surface area contributed by atoms with Gasteiger partial charge in [0.15, 0.2) is 0 Å². The van der Waals surface area contributed by atoms with Gasteiger partial charge in [0, 0.05) is 19.6 Å². The molecule has 1 aliphatic heterocycles. The van der Waals surface area contributed by atoms with Crippen molar-refractivity contribution in [2.45, 2.75) is 19.3 Å². The minimum atomic E-state index is -0.882. The third-order valence-corrected chi connectivity index (χ3v) is 4.14. The Morgan fingerprint density at radius 3 is 2.52 bits per heavy atom. The largest absolute Gasteiger partial charge is 0.481 e. The van der Waals surface area contributed by atoms with E-state index in [1.165, 1.54) is 0 Å². The van der Waals surface area contributed by atoms with Crippen LogP contribution in [0.4, 0.5) is 0 Å². The second-order valence-corrected chi connectivity index (χ2v) is 5.59. The van der Waals surface area contributed by atoms with Crippen molar-refractivity contribution in [2.75, 3.05) is 39.4 Å². The number of hydrogen-bond acceptors (Lipinski definition) is 4. The lowest BCUT2D eigenvalue weighted by Gasteiger charge is -2.27. The van der Waals surface area contributed by atoms with Crippen molar-refractivity contribution in [1.82, 2.24) is 10.2 Å². The lowest BCUT2D eigenvalue weighted by Crippen LogP contribution is -2.41. The van der Waals surface area contributed by atoms with Crippen LogP contribution in [-0.2, 0) is 14.3 Å². The Morgan fingerprint density at radius 2 is 1.86 bits per heavy atom. The summed E-state index contributed by atoms with van der Waals surface area (Å²) < 4.78 is 5.28. The minimum absolute atomic E-state index is 0.131. The first-order chi connectivity index (χ1) is 10.2. The molecule has 1 saturated heterocycles. The fourth-order valence-electron chi connectivity index (χ4n) is 2.85. The summed E-state index contributed by atoms with van der Waals surface area (Å²) in [7, 11) is 0. The summed E-state index contributed by atoms with van der Waals surface area (Å²) in [5, 5.41) is 12.0. The van der Waals surface area contributed by atoms with E-state index in [1.54, 1.807) is 0 Å². The molecule has 0 radical (unpaired) electrons. The molecule has 21 heavy (non-hydrogen) atoms. The molecule has 0 aromatic carbocycles. The number of hydrogen-bond donors (Lipinski definition) is 2. The van der Waals surface area contributed by atoms with Crippen LogP contribution < -0.4 is 5.32 Å². The summed E-state index contributed by atoms with van der Waals surface area (Å²) in [6.07, 6.45) is 5.60. The zero-order chi connectivity index (χ0) is 15.1. The average Bonchev–Trinajstić information content (AvgIpc) is 2.52. The van der Waals surface area contributed by atoms with E-state index in [0.717, 1.165) is 39.3 Å². The molecule has 0 saturated carbocycles. The highest BCUT2D eigenvalue weighted by Crippen LogP contribution is 2.25. The molecule has 2 rings (SSSR count). The van der Waals surface area contributed by atoms with E-state index in [2.05, 4.69) is 10.2 Å². The van der Waals surface area contributed by atoms with Crippen LogP contribution in [0.3, 0.4) is 0 Å². The molecule has 0 aromatic rings. The van der Waals surface area contributed by atoms with Gasteiger partial charge in [-0.05, 0) is 25.8 Å². The van der Waals surface area contributed by atoms with Gasteiger partial charge in [0.05, 0.1) is 25.0 Å². The molecular formula is C15H24N2O4. The Bertz CT molecular complexity index is 391. The number of ether oxygens (including phenoxy) is 1. The van der Waals surface area contributed by atoms with Gasteiger partial charge in [-0.2, -0.15) is 0 Å². The first-order valence-corrected chi connectivity index (χ1v) is 7.64. The molecule has 1 fully saturated rings. The zero-order valence-electron chi connectivity index (χ0n) is 12.3. The van der Waals surface area contributed by atoms with Gasteiger partial charge in [-0.3, -0.25) is 14.5 Å². The number of amides is 1. The predicted molar refractivity (Wildman–Crippen MR) is 77.9 cm³/mol. The monoisotopic (exact) mass is 296 g/mol. The van der Waals surface area contributed by atoms with E-state index < -0.39 is 17.8 Å². The number of morpholine rings is 1. The maximum absolute atomic E-state index is 12.1. The molecule has 118 valence electrons. The summed E-state index contributed by atoms with van der Waals surface area (Å²) in [5.41, 5.74) is 0. The van der Waals surface area contributed by atoms with Gasteiger partial charge in [-0.1, -0.05) is 12.2 Å². The molecule has 2 atom stereocenters. The van der Waals surface area contributed by atoms with Crippen molar-refractivity contribution < 1.29 is 19.4 Å². The van der Waals surface area contributed by atoms with Gasteiger partial charge in [0.1, 0.15) is 0 Å². The van der Waals surface area contributed by atoms with Gasteiger partial charge in [0.25, 0.3) is 0 Å². The molecule has 2 unspecified atom stereocenters. The third-order valence-electron chi connectivity index (χ3n) is 4.14. The second kappa shape index (κ2) is 8.14. The third kappa shape index (κ3) is 4.82. The lowest BCUT2D eigenvalue weighted by molar-refractivity contribution is -0.147. The number of carboxylic acid groups (broad SMARTS) is 1. The summed E-state index contributed by atoms with van der Waals surface area (Å²) in [6.45, 7) is 4.99. The number of carbonyl (C=O) groups excluding carboxylic acids is 1. The lowest BCUT2D eigenvalue weighted by atomic mass is 9.82. The van der Waals surface area contributed by atoms with Crippen molar-refractivity contribution in [3.8, 4) is 0 Å². The van der Waals surface area contributed by atoms with Gasteiger partial charge in [0.2, 0.25) is 5.91 Å². The topological polar surface area (TPSA) is 78.9 Å². The molecule has 1 aliphatic carbocycles. The summed E-state index contributed by atoms with van der Waals surface area (Å²) in [6, 6.07) is 0. The molecule has 6 heteroatoms. The summed E-state index contributed by atoms with van der Waals surface area (Å²) >= 11 is 0. The van der Waals surface area contributed by atoms with Gasteiger partial charge < -0.3 is 15.2 Å². The Labute approximate surface area is 125 Å². The van der Waals surface area contributed by atoms with E-state index >= 15 is 0 Å². The van der Waals surface area contributed by atoms with Crippen LogP contribution in [-0.4, -0.2) is 61.3 Å². The molecule has 0 bridgehead atoms. The number of allylic oxidation sites excluding steroid dienone is 2. The fourth-order valence-corrected chi connectivity index (χ4v) is 2.85. The Morgan fingerprint density at radius 1 is 1.19 bits per heavy atom. The van der Waals surface area contributed by atoms with Crippen LogP contribution in [0.2, 0.25) is 0 Å². The van der Waals surface area contributed by atoms with Crippen molar-refractivity contribution >= 4 is 11.9 Å². The highest BCUT2D eigenvalue weighted by atomic mass is 16.5. The van der Waals surface area contributed by atoms with Gasteiger partial charge >= 0.3 is 5.97 Å². The van der Waals surface area contributed by atoms with Gasteiger partial charge in [-0.25, -0.2) is 0 Å². The molecule has 0 aromatic heterocycles. The minimum Gasteiger partial charge on any atom is -0.481 e. The second-order valence-electron chi connectivity index (χ2n) is 5.59. The predicted octanol–water partition coefficient (Wildman–Crippen LogP) is 0.492. The fraction of sp³-hybridized carbons (Fsp3) is 0.733. The molecule has 1 heterocycles. The first kappa shape index (κ1) is 16.0. The van der Waals surface area contributed by atoms with Crippen molar-refractivity contribution in [1.29, 1.82) is 0 Å². The summed E-state index contributed by atoms with van der Waals surface area (Å²) in [4.78, 5) is 25.6. The van der Waals surface area contributed by atoms with E-state index in [1.807, 2.05) is 12.2 Å². The first-order valence-electron chi connectivity index (χ1n) is 7.64. The number of nitrogens with one attached hydrogen (secondary N) is 1. The number of nitrogens with zero attached hydrogens (tertiary/aromatic N) is 1. The number of carboxylic acids is 1. The van der Waals surface area contributed by atoms with E-state index in [9.17, 15) is 9.59 Å². The molecule has 6 nitrogen and oxygen atoms in total. The van der Waals surface area contributed by atoms with Crippen molar-refractivity contribution in [3.05, 3.63) is 12.2 Å². The van der Waals surface area contributed by atoms with E-state index in [0.29, 0.717) is 19.4 Å². The van der Waals surface area contributed by atoms with Crippen LogP contribution in [0.15, 0.2) is 12.2 Å². The van der Waals surface area contributed by atoms with Crippen LogP contribution in [0.25, 0.3) is 0 Å². The molecule has 0 spiro atoms. The number of aliphatic carboxylic acids is 1. The Hall–Kier alpha value is -1.40. The quantitative estimate of drug-likeness (QED) is 0.551. The van der Waals surface area contributed by atoms with E-state index in [4.69, 9.17) is 9.84 Å². The molecule has 2 N–H and O–H groups in total. The van der Waals surface area contributed by atoms with Crippen molar-refractivity contribution in [3.63, 3.8) is 0 Å². The van der Waals surface area contributed by atoms with Crippen LogP contribution in [0.1, 0.15) is 19.3 Å². The molecular weight excluding hydrogens is 272 g/mol. The Balaban J connectivity index is 1.68. The van der Waals surface area contributed by atoms with E-state index in [-0.39, 0.29) is 5.91 Å². The maximum atomic E-state index is 12.1. The van der Waals surface area contributed by atoms with Crippen LogP contribution in [0, 0.1) is 11.8 Å². The highest BCUT2D eigenvalue weighted by molar-refractivity contribution is 5.85. The summed E-state index contributed by atoms with van der Waals surface area (Å²) in [5.74, 6) is -2.04. The molecule has 2 aliphatic rings. The van der Waals surface area contributed by atoms with Crippen LogP contribution in [0.5, 0.6) is 0 Å². The van der Waals surface area contributed by atoms with Crippen molar-refractivity contribution in [2.24, 2.45) is 11.8 Å². The standard InChI is InChI=1S/C15H24N2O4/c18-14(12-4-1-2-5-13(12)15(19)20)16-6-3-7-17-8-10-21-11-9-17/h1-2,12-13H,3-11H2,(H,16,18)(H,19,20). The maximum Gasteiger partial charge on any atom is 0.307 e.